The second-order valence-electron chi connectivity index (χ2n) is 3.55. The van der Waals surface area contributed by atoms with Crippen molar-refractivity contribution < 1.29 is 14.3 Å². The third kappa shape index (κ3) is 5.28. The minimum atomic E-state index is -0.323. The summed E-state index contributed by atoms with van der Waals surface area (Å²) < 4.78 is 10.4. The maximum Gasteiger partial charge on any atom is 0.185 e. The lowest BCUT2D eigenvalue weighted by Gasteiger charge is -2.09. The average molecular weight is 229 g/mol. The summed E-state index contributed by atoms with van der Waals surface area (Å²) in [5.74, 6) is 0.0123. The Hall–Kier alpha value is -0.870. The molecule has 0 aromatic heterocycles. The number of methoxy groups -OCH3 is 1. The molecule has 0 bridgehead atoms. The molecule has 4 nitrogen and oxygen atoms in total. The lowest BCUT2D eigenvalue weighted by Crippen LogP contribution is -2.20. The molecule has 1 saturated heterocycles. The normalized spacial score (nSPS) is 24.1. The quantitative estimate of drug-likeness (QED) is 0.689. The summed E-state index contributed by atoms with van der Waals surface area (Å²) in [5, 5.41) is 0. The summed E-state index contributed by atoms with van der Waals surface area (Å²) in [7, 11) is 5.33. The van der Waals surface area contributed by atoms with Crippen molar-refractivity contribution in [1.82, 2.24) is 4.90 Å². The number of carbonyl (C=O) groups is 1. The lowest BCUT2D eigenvalue weighted by molar-refractivity contribution is -0.142. The van der Waals surface area contributed by atoms with Gasteiger partial charge in [-0.2, -0.15) is 0 Å². The van der Waals surface area contributed by atoms with Gasteiger partial charge in [-0.1, -0.05) is 13.8 Å². The van der Waals surface area contributed by atoms with Crippen LogP contribution in [-0.2, 0) is 14.3 Å². The van der Waals surface area contributed by atoms with E-state index in [1.165, 1.54) is 0 Å². The van der Waals surface area contributed by atoms with Crippen LogP contribution in [0.25, 0.3) is 0 Å². The van der Waals surface area contributed by atoms with Crippen molar-refractivity contribution in [2.45, 2.75) is 39.1 Å². The van der Waals surface area contributed by atoms with Crippen molar-refractivity contribution in [3.63, 3.8) is 0 Å². The van der Waals surface area contributed by atoms with Gasteiger partial charge in [0, 0.05) is 33.8 Å². The van der Waals surface area contributed by atoms with Gasteiger partial charge in [0.25, 0.3) is 0 Å². The zero-order chi connectivity index (χ0) is 12.6. The van der Waals surface area contributed by atoms with Crippen molar-refractivity contribution in [3.8, 4) is 0 Å². The van der Waals surface area contributed by atoms with E-state index >= 15 is 0 Å². The molecule has 1 rings (SSSR count). The molecule has 1 fully saturated rings. The third-order valence-electron chi connectivity index (χ3n) is 2.10. The largest absolute Gasteiger partial charge is 0.383 e. The van der Waals surface area contributed by atoms with E-state index in [2.05, 4.69) is 0 Å². The molecule has 1 aliphatic heterocycles. The van der Waals surface area contributed by atoms with Gasteiger partial charge < -0.3 is 14.4 Å². The Morgan fingerprint density at radius 2 is 2.00 bits per heavy atom. The molecule has 0 aliphatic carbocycles. The van der Waals surface area contributed by atoms with Crippen molar-refractivity contribution in [3.05, 3.63) is 12.3 Å². The van der Waals surface area contributed by atoms with Gasteiger partial charge >= 0.3 is 0 Å². The van der Waals surface area contributed by atoms with Crippen LogP contribution in [-0.4, -0.2) is 44.3 Å². The van der Waals surface area contributed by atoms with Gasteiger partial charge in [0.05, 0.1) is 0 Å². The van der Waals surface area contributed by atoms with E-state index in [0.717, 1.165) is 12.8 Å². The number of ether oxygens (including phenoxy) is 2. The van der Waals surface area contributed by atoms with Crippen molar-refractivity contribution in [1.29, 1.82) is 0 Å². The van der Waals surface area contributed by atoms with Crippen LogP contribution in [0, 0.1) is 0 Å². The zero-order valence-electron chi connectivity index (χ0n) is 10.9. The first-order valence-corrected chi connectivity index (χ1v) is 5.70. The molecule has 94 valence electrons. The van der Waals surface area contributed by atoms with E-state index in [0.29, 0.717) is 0 Å². The van der Waals surface area contributed by atoms with E-state index in [-0.39, 0.29) is 18.2 Å². The first-order valence-electron chi connectivity index (χ1n) is 5.70. The molecule has 2 atom stereocenters. The van der Waals surface area contributed by atoms with Crippen LogP contribution < -0.4 is 0 Å². The Morgan fingerprint density at radius 1 is 1.38 bits per heavy atom. The summed E-state index contributed by atoms with van der Waals surface area (Å²) in [4.78, 5) is 13.3. The van der Waals surface area contributed by atoms with Crippen LogP contribution in [0.15, 0.2) is 12.3 Å². The number of ketones is 1. The smallest absolute Gasteiger partial charge is 0.185 e. The molecule has 0 spiro atoms. The molecule has 1 heterocycles. The first-order chi connectivity index (χ1) is 7.63. The molecule has 0 amide bonds. The van der Waals surface area contributed by atoms with Crippen molar-refractivity contribution >= 4 is 5.78 Å². The van der Waals surface area contributed by atoms with Gasteiger partial charge in [-0.25, -0.2) is 0 Å². The highest BCUT2D eigenvalue weighted by Gasteiger charge is 2.28. The Morgan fingerprint density at radius 3 is 2.44 bits per heavy atom. The van der Waals surface area contributed by atoms with Gasteiger partial charge in [-0.05, 0) is 12.5 Å². The highest BCUT2D eigenvalue weighted by molar-refractivity contribution is 5.93. The molecular weight excluding hydrogens is 206 g/mol. The highest BCUT2D eigenvalue weighted by atomic mass is 16.7. The first kappa shape index (κ1) is 15.1. The SMILES string of the molecule is CC.COC1CCC(C(=O)/C=C/N(C)C)O1. The molecule has 4 heteroatoms. The fourth-order valence-corrected chi connectivity index (χ4v) is 1.32. The van der Waals surface area contributed by atoms with Crippen LogP contribution in [0.3, 0.4) is 0 Å². The molecule has 16 heavy (non-hydrogen) atoms. The number of hydrogen-bond donors (Lipinski definition) is 0. The summed E-state index contributed by atoms with van der Waals surface area (Å²) >= 11 is 0. The zero-order valence-corrected chi connectivity index (χ0v) is 10.9. The van der Waals surface area contributed by atoms with E-state index in [1.54, 1.807) is 19.4 Å². The summed E-state index contributed by atoms with van der Waals surface area (Å²) in [6, 6.07) is 0. The number of hydrogen-bond acceptors (Lipinski definition) is 4. The molecule has 0 saturated carbocycles. The number of carbonyl (C=O) groups excluding carboxylic acids is 1. The molecule has 1 aliphatic rings. The fraction of sp³-hybridized carbons (Fsp3) is 0.750. The predicted molar refractivity (Wildman–Crippen MR) is 64.1 cm³/mol. The van der Waals surface area contributed by atoms with Crippen LogP contribution in [0.4, 0.5) is 0 Å². The second kappa shape index (κ2) is 8.30. The standard InChI is InChI=1S/C10H17NO3.C2H6/c1-11(2)7-6-8(12)9-4-5-10(13-3)14-9;1-2/h6-7,9-10H,4-5H2,1-3H3;1-2H3/b7-6+;. The van der Waals surface area contributed by atoms with Crippen molar-refractivity contribution in [2.75, 3.05) is 21.2 Å². The maximum atomic E-state index is 11.5. The summed E-state index contributed by atoms with van der Waals surface area (Å²) in [5.41, 5.74) is 0. The topological polar surface area (TPSA) is 38.8 Å². The maximum absolute atomic E-state index is 11.5. The molecule has 0 radical (unpaired) electrons. The van der Waals surface area contributed by atoms with E-state index in [1.807, 2.05) is 32.8 Å². The molecule has 2 unspecified atom stereocenters. The van der Waals surface area contributed by atoms with Crippen LogP contribution in [0.2, 0.25) is 0 Å². The Labute approximate surface area is 98.2 Å². The fourth-order valence-electron chi connectivity index (χ4n) is 1.32. The van der Waals surface area contributed by atoms with Gasteiger partial charge in [0.2, 0.25) is 0 Å². The van der Waals surface area contributed by atoms with Crippen LogP contribution >= 0.6 is 0 Å². The summed E-state index contributed by atoms with van der Waals surface area (Å²) in [6.45, 7) is 4.00. The van der Waals surface area contributed by atoms with Crippen molar-refractivity contribution in [2.24, 2.45) is 0 Å². The minimum Gasteiger partial charge on any atom is -0.383 e. The Kier molecular flexibility index (Phi) is 7.85. The highest BCUT2D eigenvalue weighted by Crippen LogP contribution is 2.20. The second-order valence-corrected chi connectivity index (χ2v) is 3.55. The van der Waals surface area contributed by atoms with Gasteiger partial charge in [-0.15, -0.1) is 0 Å². The third-order valence-corrected chi connectivity index (χ3v) is 2.10. The average Bonchev–Trinajstić information content (AvgIpc) is 2.77. The predicted octanol–water partition coefficient (Wildman–Crippen LogP) is 1.81. The van der Waals surface area contributed by atoms with Gasteiger partial charge in [-0.3, -0.25) is 4.79 Å². The monoisotopic (exact) mass is 229 g/mol. The minimum absolute atomic E-state index is 0.0123. The van der Waals surface area contributed by atoms with E-state index < -0.39 is 0 Å². The Balaban J connectivity index is 0.00000106. The summed E-state index contributed by atoms with van der Waals surface area (Å²) in [6.07, 6.45) is 4.28. The van der Waals surface area contributed by atoms with Crippen LogP contribution in [0.1, 0.15) is 26.7 Å². The van der Waals surface area contributed by atoms with E-state index in [4.69, 9.17) is 9.47 Å². The van der Waals surface area contributed by atoms with E-state index in [9.17, 15) is 4.79 Å². The van der Waals surface area contributed by atoms with Gasteiger partial charge in [0.1, 0.15) is 6.10 Å². The number of rotatable bonds is 4. The Bertz CT molecular complexity index is 226. The number of nitrogens with zero attached hydrogens (tertiary/aromatic N) is 1. The molecule has 0 aromatic carbocycles. The molecule has 0 N–H and O–H groups in total. The lowest BCUT2D eigenvalue weighted by atomic mass is 10.1. The van der Waals surface area contributed by atoms with Crippen LogP contribution in [0.5, 0.6) is 0 Å². The van der Waals surface area contributed by atoms with Gasteiger partial charge in [0.15, 0.2) is 12.1 Å². The molecule has 0 aromatic rings. The molecular formula is C12H23NO3.